The summed E-state index contributed by atoms with van der Waals surface area (Å²) in [7, 11) is -3.68. The summed E-state index contributed by atoms with van der Waals surface area (Å²) in [5.74, 6) is -0.0114. The Morgan fingerprint density at radius 1 is 0.972 bits per heavy atom. The number of hydrogen-bond donors (Lipinski definition) is 2. The molecule has 3 aromatic rings. The van der Waals surface area contributed by atoms with Crippen LogP contribution in [-0.4, -0.2) is 72.9 Å². The first-order chi connectivity index (χ1) is 17.2. The number of aromatic hydroxyl groups is 1. The molecule has 0 atom stereocenters. The molecule has 2 amide bonds. The Morgan fingerprint density at radius 3 is 2.39 bits per heavy atom. The Balaban J connectivity index is 1.31. The maximum absolute atomic E-state index is 12.9. The number of sulfonamides is 1. The van der Waals surface area contributed by atoms with E-state index < -0.39 is 15.9 Å². The maximum atomic E-state index is 12.9. The van der Waals surface area contributed by atoms with Gasteiger partial charge in [-0.15, -0.1) is 10.2 Å². The van der Waals surface area contributed by atoms with Gasteiger partial charge in [-0.3, -0.25) is 9.59 Å². The molecule has 2 aromatic carbocycles. The van der Waals surface area contributed by atoms with Crippen LogP contribution in [0.15, 0.2) is 60.7 Å². The Bertz CT molecular complexity index is 1350. The molecule has 0 bridgehead atoms. The maximum Gasteiger partial charge on any atom is 0.285 e. The molecule has 0 spiro atoms. The number of phenolic OH excluding ortho intramolecular Hbond substituents is 1. The highest BCUT2D eigenvalue weighted by Gasteiger charge is 2.23. The molecule has 2 N–H and O–H groups in total. The number of aromatic nitrogens is 2. The molecule has 10 nitrogen and oxygen atoms in total. The molecule has 4 rings (SSSR count). The van der Waals surface area contributed by atoms with Crippen molar-refractivity contribution < 1.29 is 23.1 Å². The lowest BCUT2D eigenvalue weighted by molar-refractivity contribution is -0.131. The van der Waals surface area contributed by atoms with Crippen LogP contribution in [0.25, 0.3) is 11.1 Å². The number of hydrogen-bond acceptors (Lipinski definition) is 8. The molecule has 0 saturated carbocycles. The van der Waals surface area contributed by atoms with Gasteiger partial charge in [0.1, 0.15) is 5.75 Å². The van der Waals surface area contributed by atoms with Gasteiger partial charge in [-0.05, 0) is 47.4 Å². The van der Waals surface area contributed by atoms with Gasteiger partial charge in [0, 0.05) is 32.6 Å². The van der Waals surface area contributed by atoms with Crippen LogP contribution in [0.3, 0.4) is 0 Å². The number of piperazine rings is 1. The zero-order chi connectivity index (χ0) is 25.7. The van der Waals surface area contributed by atoms with E-state index in [1.165, 1.54) is 6.07 Å². The van der Waals surface area contributed by atoms with E-state index in [9.17, 15) is 23.1 Å². The first-order valence-electron chi connectivity index (χ1n) is 11.5. The van der Waals surface area contributed by atoms with Gasteiger partial charge < -0.3 is 14.9 Å². The third kappa shape index (κ3) is 6.36. The molecule has 1 fully saturated rings. The minimum Gasteiger partial charge on any atom is -0.508 e. The van der Waals surface area contributed by atoms with Crippen LogP contribution < -0.4 is 9.62 Å². The number of rotatable bonds is 7. The Hall–Kier alpha value is -3.99. The molecule has 188 valence electrons. The summed E-state index contributed by atoms with van der Waals surface area (Å²) < 4.78 is 24.3. The minimum absolute atomic E-state index is 0.0687. The van der Waals surface area contributed by atoms with Crippen molar-refractivity contribution in [2.24, 2.45) is 0 Å². The monoisotopic (exact) mass is 509 g/mol. The molecule has 11 heteroatoms. The number of amides is 2. The fraction of sp³-hybridized carbons (Fsp3) is 0.280. The zero-order valence-electron chi connectivity index (χ0n) is 19.8. The zero-order valence-corrected chi connectivity index (χ0v) is 20.6. The molecule has 1 aliphatic heterocycles. The third-order valence-corrected chi connectivity index (χ3v) is 6.46. The van der Waals surface area contributed by atoms with Crippen molar-refractivity contribution in [2.45, 2.75) is 12.8 Å². The molecule has 1 aromatic heterocycles. The molecular weight excluding hydrogens is 482 g/mol. The highest BCUT2D eigenvalue weighted by molar-refractivity contribution is 7.89. The topological polar surface area (TPSA) is 133 Å². The Morgan fingerprint density at radius 2 is 1.72 bits per heavy atom. The van der Waals surface area contributed by atoms with E-state index in [2.05, 4.69) is 10.2 Å². The average molecular weight is 510 g/mol. The Labute approximate surface area is 209 Å². The molecule has 36 heavy (non-hydrogen) atoms. The summed E-state index contributed by atoms with van der Waals surface area (Å²) in [6.07, 6.45) is 1.86. The first-order valence-corrected chi connectivity index (χ1v) is 13.3. The highest BCUT2D eigenvalue weighted by Crippen LogP contribution is 2.27. The average Bonchev–Trinajstić information content (AvgIpc) is 2.86. The van der Waals surface area contributed by atoms with Crippen LogP contribution >= 0.6 is 0 Å². The van der Waals surface area contributed by atoms with E-state index in [-0.39, 0.29) is 17.4 Å². The molecule has 1 aliphatic rings. The minimum atomic E-state index is -3.68. The van der Waals surface area contributed by atoms with Gasteiger partial charge in [0.25, 0.3) is 5.91 Å². The summed E-state index contributed by atoms with van der Waals surface area (Å²) in [5, 5.41) is 17.7. The number of phenols is 1. The lowest BCUT2D eigenvalue weighted by Gasteiger charge is -2.35. The molecule has 0 aliphatic carbocycles. The van der Waals surface area contributed by atoms with E-state index in [4.69, 9.17) is 0 Å². The number of aryl methyl sites for hydroxylation is 1. The van der Waals surface area contributed by atoms with Crippen molar-refractivity contribution in [1.82, 2.24) is 19.8 Å². The number of anilines is 1. The number of benzene rings is 2. The van der Waals surface area contributed by atoms with Crippen LogP contribution in [0.5, 0.6) is 5.75 Å². The smallest absolute Gasteiger partial charge is 0.285 e. The first kappa shape index (κ1) is 25.1. The van der Waals surface area contributed by atoms with Crippen LogP contribution in [0.1, 0.15) is 22.5 Å². The molecule has 2 heterocycles. The van der Waals surface area contributed by atoms with E-state index >= 15 is 0 Å². The van der Waals surface area contributed by atoms with Gasteiger partial charge in [-0.25, -0.2) is 13.1 Å². The molecule has 0 radical (unpaired) electrons. The van der Waals surface area contributed by atoms with E-state index in [1.54, 1.807) is 24.3 Å². The lowest BCUT2D eigenvalue weighted by Crippen LogP contribution is -2.49. The van der Waals surface area contributed by atoms with E-state index in [0.717, 1.165) is 22.9 Å². The predicted molar refractivity (Wildman–Crippen MR) is 135 cm³/mol. The van der Waals surface area contributed by atoms with Crippen molar-refractivity contribution in [3.05, 3.63) is 71.9 Å². The lowest BCUT2D eigenvalue weighted by atomic mass is 9.96. The predicted octanol–water partition coefficient (Wildman–Crippen LogP) is 1.82. The number of carbonyl (C=O) groups is 2. The standard InChI is InChI=1S/C25H27N5O5S/c1-36(34,35)28-25(33)22-10-11-23(27-26-22)29-13-15-30(16-14-29)24(32)12-9-18-5-2-3-8-21(18)19-6-4-7-20(31)17-19/h2-8,10-11,17,31H,9,12-16H2,1H3,(H,28,33). The summed E-state index contributed by atoms with van der Waals surface area (Å²) in [6, 6.07) is 18.0. The number of nitrogens with zero attached hydrogens (tertiary/aromatic N) is 4. The summed E-state index contributed by atoms with van der Waals surface area (Å²) in [5.41, 5.74) is 2.86. The SMILES string of the molecule is CS(=O)(=O)NC(=O)c1ccc(N2CCN(C(=O)CCc3ccccc3-c3cccc(O)c3)CC2)nn1. The van der Waals surface area contributed by atoms with Crippen molar-refractivity contribution in [3.63, 3.8) is 0 Å². The van der Waals surface area contributed by atoms with Crippen LogP contribution in [-0.2, 0) is 21.2 Å². The fourth-order valence-corrected chi connectivity index (χ4v) is 4.56. The van der Waals surface area contributed by atoms with Crippen LogP contribution in [0.4, 0.5) is 5.82 Å². The van der Waals surface area contributed by atoms with Crippen LogP contribution in [0.2, 0.25) is 0 Å². The Kier molecular flexibility index (Phi) is 7.49. The van der Waals surface area contributed by atoms with Crippen molar-refractivity contribution in [1.29, 1.82) is 0 Å². The number of carbonyl (C=O) groups excluding carboxylic acids is 2. The molecular formula is C25H27N5O5S. The fourth-order valence-electron chi connectivity index (χ4n) is 4.11. The van der Waals surface area contributed by atoms with Gasteiger partial charge in [0.05, 0.1) is 6.26 Å². The van der Waals surface area contributed by atoms with Crippen molar-refractivity contribution in [3.8, 4) is 16.9 Å². The van der Waals surface area contributed by atoms with Crippen LogP contribution in [0, 0.1) is 0 Å². The largest absolute Gasteiger partial charge is 0.508 e. The van der Waals surface area contributed by atoms with Crippen molar-refractivity contribution in [2.75, 3.05) is 37.3 Å². The summed E-state index contributed by atoms with van der Waals surface area (Å²) in [6.45, 7) is 2.19. The number of nitrogens with one attached hydrogen (secondary N) is 1. The summed E-state index contributed by atoms with van der Waals surface area (Å²) >= 11 is 0. The quantitative estimate of drug-likeness (QED) is 0.493. The second-order valence-electron chi connectivity index (χ2n) is 8.56. The normalized spacial score (nSPS) is 13.9. The van der Waals surface area contributed by atoms with Crippen molar-refractivity contribution >= 4 is 27.7 Å². The third-order valence-electron chi connectivity index (χ3n) is 5.90. The van der Waals surface area contributed by atoms with E-state index in [1.807, 2.05) is 44.9 Å². The van der Waals surface area contributed by atoms with Gasteiger partial charge in [-0.2, -0.15) is 0 Å². The molecule has 0 unspecified atom stereocenters. The van der Waals surface area contributed by atoms with Gasteiger partial charge in [0.15, 0.2) is 11.5 Å². The van der Waals surface area contributed by atoms with E-state index in [0.29, 0.717) is 44.8 Å². The molecule has 1 saturated heterocycles. The van der Waals surface area contributed by atoms with Gasteiger partial charge in [0.2, 0.25) is 15.9 Å². The second kappa shape index (κ2) is 10.7. The highest BCUT2D eigenvalue weighted by atomic mass is 32.2. The summed E-state index contributed by atoms with van der Waals surface area (Å²) in [4.78, 5) is 28.6. The van der Waals surface area contributed by atoms with Gasteiger partial charge in [-0.1, -0.05) is 36.4 Å². The second-order valence-corrected chi connectivity index (χ2v) is 10.3. The van der Waals surface area contributed by atoms with Gasteiger partial charge >= 0.3 is 0 Å².